The number of aromatic nitrogens is 1. The van der Waals surface area contributed by atoms with Crippen LogP contribution in [-0.2, 0) is 6.18 Å². The van der Waals surface area contributed by atoms with Gasteiger partial charge in [0.2, 0.25) is 0 Å². The fraction of sp³-hybridized carbons (Fsp3) is 0.450. The largest absolute Gasteiger partial charge is 0.416 e. The fourth-order valence-electron chi connectivity index (χ4n) is 3.14. The van der Waals surface area contributed by atoms with Crippen molar-refractivity contribution in [3.8, 4) is 11.1 Å². The van der Waals surface area contributed by atoms with Gasteiger partial charge in [-0.3, -0.25) is 4.90 Å². The lowest BCUT2D eigenvalue weighted by Gasteiger charge is -2.35. The van der Waals surface area contributed by atoms with Crippen molar-refractivity contribution in [1.82, 2.24) is 14.8 Å². The summed E-state index contributed by atoms with van der Waals surface area (Å²) in [6, 6.07) is 9.06. The van der Waals surface area contributed by atoms with E-state index in [2.05, 4.69) is 33.8 Å². The molecule has 1 aromatic carbocycles. The van der Waals surface area contributed by atoms with Gasteiger partial charge in [-0.1, -0.05) is 12.1 Å². The smallest absolute Gasteiger partial charge is 0.354 e. The average Bonchev–Trinajstić information content (AvgIpc) is 2.66. The second kappa shape index (κ2) is 8.27. The predicted molar refractivity (Wildman–Crippen MR) is 102 cm³/mol. The number of pyridine rings is 1. The molecule has 3 rings (SSSR count). The molecule has 0 unspecified atom stereocenters. The van der Waals surface area contributed by atoms with Gasteiger partial charge in [-0.05, 0) is 43.9 Å². The van der Waals surface area contributed by atoms with Crippen LogP contribution in [0.4, 0.5) is 19.0 Å². The second-order valence-electron chi connectivity index (χ2n) is 7.11. The second-order valence-corrected chi connectivity index (χ2v) is 7.11. The van der Waals surface area contributed by atoms with E-state index in [4.69, 9.17) is 0 Å². The molecule has 0 amide bonds. The molecule has 0 radical (unpaired) electrons. The van der Waals surface area contributed by atoms with Crippen molar-refractivity contribution in [3.63, 3.8) is 0 Å². The van der Waals surface area contributed by atoms with Gasteiger partial charge in [-0.15, -0.1) is 0 Å². The number of benzene rings is 1. The van der Waals surface area contributed by atoms with Gasteiger partial charge >= 0.3 is 6.18 Å². The summed E-state index contributed by atoms with van der Waals surface area (Å²) in [6.07, 6.45) is -2.58. The van der Waals surface area contributed by atoms with Crippen molar-refractivity contribution in [2.24, 2.45) is 0 Å². The molecule has 0 spiro atoms. The van der Waals surface area contributed by atoms with Gasteiger partial charge < -0.3 is 9.80 Å². The van der Waals surface area contributed by atoms with Crippen molar-refractivity contribution in [3.05, 3.63) is 48.2 Å². The first kappa shape index (κ1) is 19.6. The Kier molecular flexibility index (Phi) is 6.01. The van der Waals surface area contributed by atoms with E-state index >= 15 is 0 Å². The summed E-state index contributed by atoms with van der Waals surface area (Å²) < 4.78 is 38.0. The molecule has 27 heavy (non-hydrogen) atoms. The van der Waals surface area contributed by atoms with Crippen LogP contribution in [0.2, 0.25) is 0 Å². The number of likely N-dealkylation sites (N-methyl/N-ethyl adjacent to an activating group) is 1. The van der Waals surface area contributed by atoms with E-state index in [1.807, 2.05) is 12.1 Å². The highest BCUT2D eigenvalue weighted by molar-refractivity contribution is 5.64. The van der Waals surface area contributed by atoms with Crippen molar-refractivity contribution >= 4 is 5.82 Å². The van der Waals surface area contributed by atoms with Crippen molar-refractivity contribution < 1.29 is 13.2 Å². The third kappa shape index (κ3) is 5.20. The molecule has 146 valence electrons. The van der Waals surface area contributed by atoms with Gasteiger partial charge in [0.1, 0.15) is 5.82 Å². The number of piperazine rings is 1. The summed E-state index contributed by atoms with van der Waals surface area (Å²) in [5.74, 6) is 0.915. The zero-order valence-corrected chi connectivity index (χ0v) is 15.7. The number of rotatable bonds is 5. The van der Waals surface area contributed by atoms with Crippen molar-refractivity contribution in [1.29, 1.82) is 0 Å². The third-order valence-corrected chi connectivity index (χ3v) is 4.85. The first-order valence-corrected chi connectivity index (χ1v) is 9.08. The van der Waals surface area contributed by atoms with Crippen LogP contribution in [0.15, 0.2) is 42.6 Å². The number of hydrogen-bond donors (Lipinski definition) is 0. The Morgan fingerprint density at radius 1 is 0.926 bits per heavy atom. The molecule has 4 nitrogen and oxygen atoms in total. The summed E-state index contributed by atoms with van der Waals surface area (Å²) >= 11 is 0. The van der Waals surface area contributed by atoms with Crippen LogP contribution in [0.25, 0.3) is 11.1 Å². The van der Waals surface area contributed by atoms with Crippen molar-refractivity contribution in [2.75, 3.05) is 58.3 Å². The first-order chi connectivity index (χ1) is 12.8. The molecule has 7 heteroatoms. The number of anilines is 1. The van der Waals surface area contributed by atoms with Gasteiger partial charge in [0.25, 0.3) is 0 Å². The number of nitrogens with zero attached hydrogens (tertiary/aromatic N) is 4. The van der Waals surface area contributed by atoms with E-state index in [0.29, 0.717) is 0 Å². The van der Waals surface area contributed by atoms with E-state index in [1.165, 1.54) is 12.1 Å². The lowest BCUT2D eigenvalue weighted by molar-refractivity contribution is -0.137. The van der Waals surface area contributed by atoms with Crippen LogP contribution in [0.3, 0.4) is 0 Å². The van der Waals surface area contributed by atoms with Crippen LogP contribution in [0, 0.1) is 0 Å². The van der Waals surface area contributed by atoms with Crippen LogP contribution in [0.5, 0.6) is 0 Å². The molecule has 0 aliphatic carbocycles. The Bertz CT molecular complexity index is 718. The minimum absolute atomic E-state index is 0.636. The van der Waals surface area contributed by atoms with E-state index in [9.17, 15) is 13.2 Å². The monoisotopic (exact) mass is 378 g/mol. The van der Waals surface area contributed by atoms with E-state index in [1.54, 1.807) is 6.20 Å². The molecule has 0 saturated carbocycles. The molecule has 1 aromatic heterocycles. The molecule has 2 heterocycles. The SMILES string of the molecule is CN(C)CCN1CCN(c2ccc(-c3ccc(C(F)(F)F)cc3)cn2)CC1. The maximum absolute atomic E-state index is 12.7. The third-order valence-electron chi connectivity index (χ3n) is 4.85. The highest BCUT2D eigenvalue weighted by Gasteiger charge is 2.30. The maximum atomic E-state index is 12.7. The molecule has 1 aliphatic heterocycles. The van der Waals surface area contributed by atoms with E-state index in [-0.39, 0.29) is 0 Å². The number of halogens is 3. The number of alkyl halides is 3. The molecule has 1 aliphatic rings. The van der Waals surface area contributed by atoms with Crippen LogP contribution in [-0.4, -0.2) is 68.1 Å². The lowest BCUT2D eigenvalue weighted by Crippen LogP contribution is -2.48. The first-order valence-electron chi connectivity index (χ1n) is 9.08. The zero-order chi connectivity index (χ0) is 19.4. The van der Waals surface area contributed by atoms with Gasteiger partial charge in [0, 0.05) is 51.0 Å². The summed E-state index contributed by atoms with van der Waals surface area (Å²) in [5, 5.41) is 0. The molecule has 0 atom stereocenters. The quantitative estimate of drug-likeness (QED) is 0.795. The highest BCUT2D eigenvalue weighted by atomic mass is 19.4. The highest BCUT2D eigenvalue weighted by Crippen LogP contribution is 2.31. The zero-order valence-electron chi connectivity index (χ0n) is 15.7. The molecule has 2 aromatic rings. The van der Waals surface area contributed by atoms with Crippen molar-refractivity contribution in [2.45, 2.75) is 6.18 Å². The van der Waals surface area contributed by atoms with Gasteiger partial charge in [0.15, 0.2) is 0 Å². The molecule has 1 fully saturated rings. The molecule has 0 N–H and O–H groups in total. The van der Waals surface area contributed by atoms with E-state index in [0.717, 1.165) is 68.3 Å². The molecule has 1 saturated heterocycles. The molecular weight excluding hydrogens is 353 g/mol. The Hall–Kier alpha value is -2.12. The molecular formula is C20H25F3N4. The summed E-state index contributed by atoms with van der Waals surface area (Å²) in [5.41, 5.74) is 0.913. The normalized spacial score (nSPS) is 16.1. The summed E-state index contributed by atoms with van der Waals surface area (Å²) in [6.45, 7) is 6.01. The number of hydrogen-bond acceptors (Lipinski definition) is 4. The average molecular weight is 378 g/mol. The minimum Gasteiger partial charge on any atom is -0.354 e. The Balaban J connectivity index is 1.59. The fourth-order valence-corrected chi connectivity index (χ4v) is 3.14. The summed E-state index contributed by atoms with van der Waals surface area (Å²) in [7, 11) is 4.16. The van der Waals surface area contributed by atoms with Crippen LogP contribution < -0.4 is 4.90 Å². The maximum Gasteiger partial charge on any atom is 0.416 e. The predicted octanol–water partition coefficient (Wildman–Crippen LogP) is 3.45. The van der Waals surface area contributed by atoms with E-state index < -0.39 is 11.7 Å². The standard InChI is InChI=1S/C20H25F3N4/c1-25(2)9-10-26-11-13-27(14-12-26)19-8-5-17(15-24-19)16-3-6-18(7-4-16)20(21,22)23/h3-8,15H,9-14H2,1-2H3. The van der Waals surface area contributed by atoms with Gasteiger partial charge in [-0.25, -0.2) is 4.98 Å². The topological polar surface area (TPSA) is 22.6 Å². The Morgan fingerprint density at radius 3 is 2.07 bits per heavy atom. The van der Waals surface area contributed by atoms with Crippen LogP contribution >= 0.6 is 0 Å². The summed E-state index contributed by atoms with van der Waals surface area (Å²) in [4.78, 5) is 11.4. The van der Waals surface area contributed by atoms with Crippen LogP contribution in [0.1, 0.15) is 5.56 Å². The Labute approximate surface area is 158 Å². The van der Waals surface area contributed by atoms with Gasteiger partial charge in [0.05, 0.1) is 5.56 Å². The minimum atomic E-state index is -4.31. The molecule has 0 bridgehead atoms. The van der Waals surface area contributed by atoms with Gasteiger partial charge in [-0.2, -0.15) is 13.2 Å². The lowest BCUT2D eigenvalue weighted by atomic mass is 10.1. The Morgan fingerprint density at radius 2 is 1.56 bits per heavy atom.